The number of rotatable bonds is 1. The van der Waals surface area contributed by atoms with Gasteiger partial charge in [-0.05, 0) is 31.0 Å². The van der Waals surface area contributed by atoms with Gasteiger partial charge in [0, 0.05) is 17.1 Å². The maximum atomic E-state index is 4.67. The third-order valence-corrected chi connectivity index (χ3v) is 3.69. The fourth-order valence-corrected chi connectivity index (χ4v) is 2.81. The number of hydrogen-bond donors (Lipinski definition) is 0. The van der Waals surface area contributed by atoms with Gasteiger partial charge in [0.15, 0.2) is 0 Å². The van der Waals surface area contributed by atoms with E-state index in [0.717, 1.165) is 11.9 Å². The van der Waals surface area contributed by atoms with Crippen molar-refractivity contribution in [1.29, 1.82) is 0 Å². The Hall–Kier alpha value is -2.35. The summed E-state index contributed by atoms with van der Waals surface area (Å²) in [6, 6.07) is 14.7. The van der Waals surface area contributed by atoms with Gasteiger partial charge in [0.1, 0.15) is 0 Å². The van der Waals surface area contributed by atoms with E-state index in [1.807, 2.05) is 16.8 Å². The molecule has 0 unspecified atom stereocenters. The summed E-state index contributed by atoms with van der Waals surface area (Å²) in [6.45, 7) is 2.18. The van der Waals surface area contributed by atoms with Crippen LogP contribution in [0.15, 0.2) is 54.2 Å². The Morgan fingerprint density at radius 3 is 2.84 bits per heavy atom. The molecule has 1 heterocycles. The Kier molecular flexibility index (Phi) is 2.12. The summed E-state index contributed by atoms with van der Waals surface area (Å²) in [5, 5.41) is 5.85. The van der Waals surface area contributed by atoms with E-state index in [2.05, 4.69) is 54.6 Å². The van der Waals surface area contributed by atoms with E-state index < -0.39 is 0 Å². The van der Waals surface area contributed by atoms with Gasteiger partial charge in [-0.1, -0.05) is 42.0 Å². The Morgan fingerprint density at radius 1 is 1.05 bits per heavy atom. The first-order valence-electron chi connectivity index (χ1n) is 6.55. The summed E-state index contributed by atoms with van der Waals surface area (Å²) in [6.07, 6.45) is 5.44. The van der Waals surface area contributed by atoms with Crippen molar-refractivity contribution in [2.75, 3.05) is 0 Å². The Bertz CT molecular complexity index is 776. The van der Waals surface area contributed by atoms with Gasteiger partial charge < -0.3 is 0 Å². The molecule has 0 amide bonds. The molecular weight excluding hydrogens is 232 g/mol. The molecule has 1 aromatic heterocycles. The lowest BCUT2D eigenvalue weighted by atomic mass is 10.1. The predicted octanol–water partition coefficient (Wildman–Crippen LogP) is 3.98. The van der Waals surface area contributed by atoms with Crippen LogP contribution in [-0.4, -0.2) is 9.78 Å². The molecule has 0 atom stereocenters. The lowest BCUT2D eigenvalue weighted by Gasteiger charge is -2.06. The van der Waals surface area contributed by atoms with Crippen molar-refractivity contribution >= 4 is 17.0 Å². The molecule has 19 heavy (non-hydrogen) atoms. The van der Waals surface area contributed by atoms with Gasteiger partial charge in [0.25, 0.3) is 0 Å². The van der Waals surface area contributed by atoms with E-state index >= 15 is 0 Å². The standard InChI is InChI=1S/C17H14N2/c1-12-9-13-6-4-8-17(15(13)10-12)19-11-14-5-2-3-7-16(14)18-19/h2-8,10-11H,9H2,1H3. The zero-order valence-electron chi connectivity index (χ0n) is 10.8. The van der Waals surface area contributed by atoms with Crippen LogP contribution in [0.5, 0.6) is 0 Å². The summed E-state index contributed by atoms with van der Waals surface area (Å²) in [5.74, 6) is 0. The van der Waals surface area contributed by atoms with E-state index in [9.17, 15) is 0 Å². The Balaban J connectivity index is 1.96. The van der Waals surface area contributed by atoms with Gasteiger partial charge >= 0.3 is 0 Å². The highest BCUT2D eigenvalue weighted by atomic mass is 15.3. The third-order valence-electron chi connectivity index (χ3n) is 3.69. The highest BCUT2D eigenvalue weighted by molar-refractivity contribution is 5.79. The fourth-order valence-electron chi connectivity index (χ4n) is 2.81. The number of allylic oxidation sites excluding steroid dienone is 1. The summed E-state index contributed by atoms with van der Waals surface area (Å²) in [5.41, 5.74) is 6.34. The first-order valence-corrected chi connectivity index (χ1v) is 6.55. The highest BCUT2D eigenvalue weighted by Crippen LogP contribution is 2.30. The predicted molar refractivity (Wildman–Crippen MR) is 78.4 cm³/mol. The van der Waals surface area contributed by atoms with E-state index in [0.29, 0.717) is 0 Å². The van der Waals surface area contributed by atoms with E-state index in [4.69, 9.17) is 0 Å². The molecule has 1 aliphatic carbocycles. The van der Waals surface area contributed by atoms with Crippen molar-refractivity contribution in [3.8, 4) is 5.69 Å². The number of hydrogen-bond acceptors (Lipinski definition) is 1. The third kappa shape index (κ3) is 1.60. The summed E-state index contributed by atoms with van der Waals surface area (Å²) >= 11 is 0. The first-order chi connectivity index (χ1) is 9.31. The molecule has 2 aromatic carbocycles. The van der Waals surface area contributed by atoms with Crippen molar-refractivity contribution in [3.63, 3.8) is 0 Å². The molecule has 0 spiro atoms. The normalized spacial score (nSPS) is 13.6. The minimum Gasteiger partial charge on any atom is -0.239 e. The summed E-state index contributed by atoms with van der Waals surface area (Å²) in [4.78, 5) is 0. The molecule has 0 saturated heterocycles. The van der Waals surface area contributed by atoms with Crippen LogP contribution in [-0.2, 0) is 6.42 Å². The molecule has 0 bridgehead atoms. The average Bonchev–Trinajstić information content (AvgIpc) is 2.99. The smallest absolute Gasteiger partial charge is 0.0927 e. The van der Waals surface area contributed by atoms with Gasteiger partial charge in [-0.15, -0.1) is 0 Å². The Labute approximate surface area is 112 Å². The highest BCUT2D eigenvalue weighted by Gasteiger charge is 2.14. The summed E-state index contributed by atoms with van der Waals surface area (Å²) < 4.78 is 2.00. The molecule has 0 aliphatic heterocycles. The number of aromatic nitrogens is 2. The molecule has 2 heteroatoms. The Morgan fingerprint density at radius 2 is 1.95 bits per heavy atom. The number of fused-ring (bicyclic) bond motifs is 2. The first kappa shape index (κ1) is 10.6. The summed E-state index contributed by atoms with van der Waals surface area (Å²) in [7, 11) is 0. The zero-order valence-corrected chi connectivity index (χ0v) is 10.8. The lowest BCUT2D eigenvalue weighted by Crippen LogP contribution is -1.98. The second kappa shape index (κ2) is 3.82. The maximum absolute atomic E-state index is 4.67. The molecule has 1 aliphatic rings. The van der Waals surface area contributed by atoms with Crippen LogP contribution in [0.2, 0.25) is 0 Å². The van der Waals surface area contributed by atoms with Gasteiger partial charge in [0.05, 0.1) is 11.2 Å². The second-order valence-corrected chi connectivity index (χ2v) is 5.15. The lowest BCUT2D eigenvalue weighted by molar-refractivity contribution is 0.892. The average molecular weight is 246 g/mol. The van der Waals surface area contributed by atoms with Crippen LogP contribution in [0, 0.1) is 0 Å². The van der Waals surface area contributed by atoms with Crippen molar-refractivity contribution in [2.24, 2.45) is 0 Å². The molecule has 92 valence electrons. The SMILES string of the molecule is CC1=Cc2c(cccc2-n2cc3ccccc3n2)C1. The molecular formula is C17H14N2. The van der Waals surface area contributed by atoms with Crippen LogP contribution < -0.4 is 0 Å². The van der Waals surface area contributed by atoms with Gasteiger partial charge in [-0.25, -0.2) is 4.68 Å². The molecule has 0 N–H and O–H groups in total. The molecule has 0 radical (unpaired) electrons. The van der Waals surface area contributed by atoms with Crippen molar-refractivity contribution in [1.82, 2.24) is 9.78 Å². The molecule has 0 saturated carbocycles. The monoisotopic (exact) mass is 246 g/mol. The van der Waals surface area contributed by atoms with Gasteiger partial charge in [0.2, 0.25) is 0 Å². The minimum atomic E-state index is 1.04. The van der Waals surface area contributed by atoms with Crippen LogP contribution in [0.3, 0.4) is 0 Å². The van der Waals surface area contributed by atoms with Crippen LogP contribution in [0.25, 0.3) is 22.7 Å². The van der Waals surface area contributed by atoms with Crippen molar-refractivity contribution in [2.45, 2.75) is 13.3 Å². The zero-order chi connectivity index (χ0) is 12.8. The van der Waals surface area contributed by atoms with Gasteiger partial charge in [-0.2, -0.15) is 5.10 Å². The largest absolute Gasteiger partial charge is 0.239 e. The second-order valence-electron chi connectivity index (χ2n) is 5.15. The van der Waals surface area contributed by atoms with E-state index in [-0.39, 0.29) is 0 Å². The maximum Gasteiger partial charge on any atom is 0.0927 e. The van der Waals surface area contributed by atoms with Gasteiger partial charge in [-0.3, -0.25) is 0 Å². The van der Waals surface area contributed by atoms with Crippen LogP contribution in [0.1, 0.15) is 18.1 Å². The fraction of sp³-hybridized carbons (Fsp3) is 0.118. The topological polar surface area (TPSA) is 17.8 Å². The number of nitrogens with zero attached hydrogens (tertiary/aromatic N) is 2. The molecule has 3 aromatic rings. The number of benzene rings is 2. The molecule has 0 fully saturated rings. The molecule has 4 rings (SSSR count). The van der Waals surface area contributed by atoms with Crippen molar-refractivity contribution in [3.05, 3.63) is 65.4 Å². The van der Waals surface area contributed by atoms with Crippen LogP contribution >= 0.6 is 0 Å². The van der Waals surface area contributed by atoms with Crippen LogP contribution in [0.4, 0.5) is 0 Å². The van der Waals surface area contributed by atoms with Crippen molar-refractivity contribution < 1.29 is 0 Å². The minimum absolute atomic E-state index is 1.04. The van der Waals surface area contributed by atoms with E-state index in [1.54, 1.807) is 0 Å². The molecule has 2 nitrogen and oxygen atoms in total. The quantitative estimate of drug-likeness (QED) is 0.635. The van der Waals surface area contributed by atoms with E-state index in [1.165, 1.54) is 27.8 Å².